The molecule has 5 nitrogen and oxygen atoms in total. The summed E-state index contributed by atoms with van der Waals surface area (Å²) >= 11 is 1.59. The van der Waals surface area contributed by atoms with Gasteiger partial charge in [-0.2, -0.15) is 0 Å². The summed E-state index contributed by atoms with van der Waals surface area (Å²) in [5.41, 5.74) is 0. The second-order valence-corrected chi connectivity index (χ2v) is 4.40. The third-order valence-electron chi connectivity index (χ3n) is 2.14. The monoisotopic (exact) mass is 249 g/mol. The van der Waals surface area contributed by atoms with Crippen LogP contribution >= 0.6 is 11.3 Å². The topological polar surface area (TPSA) is 71.1 Å². The van der Waals surface area contributed by atoms with Crippen LogP contribution in [0.3, 0.4) is 0 Å². The molecule has 6 heteroatoms. The van der Waals surface area contributed by atoms with E-state index in [2.05, 4.69) is 15.6 Å². The largest absolute Gasteiger partial charge is 0.347 e. The van der Waals surface area contributed by atoms with Crippen molar-refractivity contribution in [1.82, 2.24) is 10.3 Å². The molecule has 0 bridgehead atoms. The van der Waals surface area contributed by atoms with Gasteiger partial charge < -0.3 is 10.6 Å². The second-order valence-electron chi connectivity index (χ2n) is 3.45. The van der Waals surface area contributed by atoms with Gasteiger partial charge in [-0.05, 0) is 17.5 Å². The molecule has 0 unspecified atom stereocenters. The van der Waals surface area contributed by atoms with Gasteiger partial charge >= 0.3 is 0 Å². The summed E-state index contributed by atoms with van der Waals surface area (Å²) in [5.74, 6) is 0.00681. The van der Waals surface area contributed by atoms with Crippen LogP contribution in [0.15, 0.2) is 23.7 Å². The number of rotatable bonds is 3. The van der Waals surface area contributed by atoms with Crippen LogP contribution in [0.5, 0.6) is 0 Å². The third kappa shape index (κ3) is 2.79. The van der Waals surface area contributed by atoms with E-state index < -0.39 is 0 Å². The number of anilines is 1. The molecule has 0 aromatic carbocycles. The number of hydrogen-bond acceptors (Lipinski definition) is 4. The number of fused-ring (bicyclic) bond motifs is 1. The van der Waals surface area contributed by atoms with Gasteiger partial charge in [0, 0.05) is 23.2 Å². The summed E-state index contributed by atoms with van der Waals surface area (Å²) in [5, 5.41) is 7.95. The minimum atomic E-state index is -0.286. The highest BCUT2D eigenvalue weighted by molar-refractivity contribution is 7.17. The molecule has 88 valence electrons. The van der Waals surface area contributed by atoms with Crippen molar-refractivity contribution in [1.29, 1.82) is 0 Å². The Morgan fingerprint density at radius 3 is 3.00 bits per heavy atom. The minimum absolute atomic E-state index is 0.0441. The zero-order valence-electron chi connectivity index (χ0n) is 9.19. The first-order valence-corrected chi connectivity index (χ1v) is 5.91. The molecule has 0 aliphatic rings. The van der Waals surface area contributed by atoms with Crippen LogP contribution in [0.4, 0.5) is 5.82 Å². The molecule has 0 saturated heterocycles. The lowest BCUT2D eigenvalue weighted by atomic mass is 10.3. The van der Waals surface area contributed by atoms with Crippen molar-refractivity contribution in [2.45, 2.75) is 6.92 Å². The highest BCUT2D eigenvalue weighted by Gasteiger charge is 2.07. The van der Waals surface area contributed by atoms with Crippen molar-refractivity contribution < 1.29 is 9.59 Å². The molecule has 0 fully saturated rings. The minimum Gasteiger partial charge on any atom is -0.347 e. The Morgan fingerprint density at radius 2 is 2.24 bits per heavy atom. The summed E-state index contributed by atoms with van der Waals surface area (Å²) in [4.78, 5) is 26.3. The first-order chi connectivity index (χ1) is 8.16. The smallest absolute Gasteiger partial charge is 0.244 e. The molecule has 0 spiro atoms. The molecule has 2 heterocycles. The number of nitrogens with zero attached hydrogens (tertiary/aromatic N) is 1. The van der Waals surface area contributed by atoms with Crippen molar-refractivity contribution in [3.63, 3.8) is 0 Å². The van der Waals surface area contributed by atoms with E-state index in [0.29, 0.717) is 5.82 Å². The first kappa shape index (κ1) is 11.5. The molecule has 17 heavy (non-hydrogen) atoms. The van der Waals surface area contributed by atoms with Crippen LogP contribution in [-0.4, -0.2) is 23.3 Å². The molecule has 0 saturated carbocycles. The predicted molar refractivity (Wildman–Crippen MR) is 66.9 cm³/mol. The molecule has 0 aliphatic heterocycles. The zero-order chi connectivity index (χ0) is 12.3. The maximum atomic E-state index is 11.5. The molecular formula is C11H11N3O2S. The van der Waals surface area contributed by atoms with Gasteiger partial charge in [0.25, 0.3) is 0 Å². The van der Waals surface area contributed by atoms with E-state index in [-0.39, 0.29) is 18.4 Å². The van der Waals surface area contributed by atoms with Crippen molar-refractivity contribution in [3.05, 3.63) is 23.7 Å². The number of hydrogen-bond donors (Lipinski definition) is 2. The van der Waals surface area contributed by atoms with Gasteiger partial charge in [0.1, 0.15) is 5.82 Å². The number of carbonyl (C=O) groups excluding carboxylic acids is 2. The Labute approximate surface area is 102 Å². The van der Waals surface area contributed by atoms with E-state index in [4.69, 9.17) is 0 Å². The predicted octanol–water partition coefficient (Wildman–Crippen LogP) is 1.37. The van der Waals surface area contributed by atoms with E-state index in [9.17, 15) is 9.59 Å². The fourth-order valence-corrected chi connectivity index (χ4v) is 2.16. The van der Waals surface area contributed by atoms with Gasteiger partial charge in [-0.15, -0.1) is 11.3 Å². The molecule has 2 amide bonds. The Balaban J connectivity index is 2.10. The summed E-state index contributed by atoms with van der Waals surface area (Å²) < 4.78 is 1.06. The number of nitrogens with one attached hydrogen (secondary N) is 2. The maximum Gasteiger partial charge on any atom is 0.244 e. The number of carbonyl (C=O) groups is 2. The Hall–Kier alpha value is -1.95. The second kappa shape index (κ2) is 4.92. The van der Waals surface area contributed by atoms with Crippen molar-refractivity contribution in [2.75, 3.05) is 11.9 Å². The van der Waals surface area contributed by atoms with Crippen LogP contribution in [0.1, 0.15) is 6.92 Å². The molecule has 2 aromatic heterocycles. The van der Waals surface area contributed by atoms with Crippen molar-refractivity contribution in [3.8, 4) is 0 Å². The number of pyridine rings is 1. The molecule has 2 rings (SSSR count). The lowest BCUT2D eigenvalue weighted by molar-refractivity contribution is -0.122. The lowest BCUT2D eigenvalue weighted by Gasteiger charge is -2.05. The highest BCUT2D eigenvalue weighted by atomic mass is 32.1. The normalized spacial score (nSPS) is 10.2. The Morgan fingerprint density at radius 1 is 1.41 bits per heavy atom. The molecule has 0 atom stereocenters. The zero-order valence-corrected chi connectivity index (χ0v) is 10.0. The summed E-state index contributed by atoms with van der Waals surface area (Å²) in [7, 11) is 0. The molecular weight excluding hydrogens is 238 g/mol. The van der Waals surface area contributed by atoms with Gasteiger partial charge in [-0.25, -0.2) is 4.98 Å². The summed E-state index contributed by atoms with van der Waals surface area (Å²) in [6.45, 7) is 1.32. The number of thiophene rings is 1. The lowest BCUT2D eigenvalue weighted by Crippen LogP contribution is -2.31. The third-order valence-corrected chi connectivity index (χ3v) is 3.02. The van der Waals surface area contributed by atoms with E-state index in [1.165, 1.54) is 6.92 Å². The van der Waals surface area contributed by atoms with Crippen molar-refractivity contribution in [2.24, 2.45) is 0 Å². The summed E-state index contributed by atoms with van der Waals surface area (Å²) in [6.07, 6.45) is 1.65. The van der Waals surface area contributed by atoms with Crippen LogP contribution < -0.4 is 10.6 Å². The fourth-order valence-electron chi connectivity index (χ4n) is 1.38. The average molecular weight is 249 g/mol. The molecule has 0 aliphatic carbocycles. The van der Waals surface area contributed by atoms with Crippen molar-refractivity contribution >= 4 is 39.1 Å². The number of amides is 2. The maximum absolute atomic E-state index is 11.5. The highest BCUT2D eigenvalue weighted by Crippen LogP contribution is 2.25. The van der Waals surface area contributed by atoms with Crippen LogP contribution in [0.2, 0.25) is 0 Å². The van der Waals surface area contributed by atoms with Crippen LogP contribution in [0.25, 0.3) is 10.1 Å². The van der Waals surface area contributed by atoms with Gasteiger partial charge in [0.15, 0.2) is 0 Å². The first-order valence-electron chi connectivity index (χ1n) is 5.03. The summed E-state index contributed by atoms with van der Waals surface area (Å²) in [6, 6.07) is 3.80. The SMILES string of the molecule is CC(=O)NCC(=O)Nc1nccc2sccc12. The van der Waals surface area contributed by atoms with E-state index in [1.807, 2.05) is 17.5 Å². The van der Waals surface area contributed by atoms with Crippen LogP contribution in [0, 0.1) is 0 Å². The molecule has 2 aromatic rings. The van der Waals surface area contributed by atoms with E-state index in [0.717, 1.165) is 10.1 Å². The number of aromatic nitrogens is 1. The Bertz CT molecular complexity index is 565. The van der Waals surface area contributed by atoms with Gasteiger partial charge in [-0.3, -0.25) is 9.59 Å². The van der Waals surface area contributed by atoms with E-state index >= 15 is 0 Å². The Kier molecular flexibility index (Phi) is 3.34. The van der Waals surface area contributed by atoms with E-state index in [1.54, 1.807) is 17.5 Å². The quantitative estimate of drug-likeness (QED) is 0.863. The van der Waals surface area contributed by atoms with Gasteiger partial charge in [-0.1, -0.05) is 0 Å². The standard InChI is InChI=1S/C11H11N3O2S/c1-7(15)13-6-10(16)14-11-8-3-5-17-9(8)2-4-12-11/h2-5H,6H2,1H3,(H,13,15)(H,12,14,16). The molecule has 0 radical (unpaired) electrons. The van der Waals surface area contributed by atoms with Crippen LogP contribution in [-0.2, 0) is 9.59 Å². The average Bonchev–Trinajstić information content (AvgIpc) is 2.75. The fraction of sp³-hybridized carbons (Fsp3) is 0.182. The van der Waals surface area contributed by atoms with Gasteiger partial charge in [0.05, 0.1) is 6.54 Å². The molecule has 2 N–H and O–H groups in total. The van der Waals surface area contributed by atoms with Gasteiger partial charge in [0.2, 0.25) is 11.8 Å².